The van der Waals surface area contributed by atoms with E-state index in [2.05, 4.69) is 15.9 Å². The first kappa shape index (κ1) is 11.5. The second kappa shape index (κ2) is 4.47. The third-order valence-corrected chi connectivity index (χ3v) is 3.89. The molecule has 0 saturated carbocycles. The van der Waals surface area contributed by atoms with E-state index in [4.69, 9.17) is 0 Å². The molecule has 1 nitrogen and oxygen atoms in total. The van der Waals surface area contributed by atoms with Crippen molar-refractivity contribution in [3.05, 3.63) is 55.9 Å². The average Bonchev–Trinajstić information content (AvgIpc) is 2.68. The number of carbonyl (C=O) groups excluding carboxylic acids is 1. The largest absolute Gasteiger partial charge is 0.288 e. The molecule has 0 aliphatic rings. The summed E-state index contributed by atoms with van der Waals surface area (Å²) in [6.45, 7) is 1.85. The number of thiophene rings is 1. The maximum absolute atomic E-state index is 13.7. The molecule has 1 aromatic carbocycles. The molecule has 0 radical (unpaired) electrons. The van der Waals surface area contributed by atoms with Gasteiger partial charge in [0.05, 0.1) is 14.9 Å². The van der Waals surface area contributed by atoms with Crippen molar-refractivity contribution in [1.29, 1.82) is 0 Å². The summed E-state index contributed by atoms with van der Waals surface area (Å²) < 4.78 is 14.0. The Labute approximate surface area is 105 Å². The second-order valence-electron chi connectivity index (χ2n) is 3.36. The standard InChI is InChI=1S/C12H8BrFOS/c1-7-5-6-16-12(7)11(15)8-3-2-4-9(13)10(8)14/h2-6H,1H3. The van der Waals surface area contributed by atoms with Crippen LogP contribution in [0.15, 0.2) is 34.1 Å². The molecule has 4 heteroatoms. The molecule has 0 fully saturated rings. The molecule has 0 N–H and O–H groups in total. The first-order valence-corrected chi connectivity index (χ1v) is 6.31. The Morgan fingerprint density at radius 3 is 2.75 bits per heavy atom. The third kappa shape index (κ3) is 1.95. The lowest BCUT2D eigenvalue weighted by Gasteiger charge is -2.03. The van der Waals surface area contributed by atoms with E-state index in [1.807, 2.05) is 18.4 Å². The van der Waals surface area contributed by atoms with Crippen LogP contribution in [0.5, 0.6) is 0 Å². The molecule has 0 atom stereocenters. The predicted octanol–water partition coefficient (Wildman–Crippen LogP) is 4.19. The van der Waals surface area contributed by atoms with Crippen LogP contribution in [-0.2, 0) is 0 Å². The summed E-state index contributed by atoms with van der Waals surface area (Å²) in [5, 5.41) is 1.83. The normalized spacial score (nSPS) is 10.4. The van der Waals surface area contributed by atoms with Crippen LogP contribution in [0.1, 0.15) is 20.8 Å². The minimum Gasteiger partial charge on any atom is -0.288 e. The molecule has 0 amide bonds. The molecule has 0 bridgehead atoms. The summed E-state index contributed by atoms with van der Waals surface area (Å²) in [5.41, 5.74) is 0.995. The van der Waals surface area contributed by atoms with Gasteiger partial charge in [-0.3, -0.25) is 4.79 Å². The lowest BCUT2D eigenvalue weighted by atomic mass is 10.1. The van der Waals surface area contributed by atoms with Gasteiger partial charge in [-0.15, -0.1) is 11.3 Å². The van der Waals surface area contributed by atoms with Crippen molar-refractivity contribution in [2.24, 2.45) is 0 Å². The molecular weight excluding hydrogens is 291 g/mol. The van der Waals surface area contributed by atoms with Gasteiger partial charge in [0, 0.05) is 0 Å². The molecule has 2 aromatic rings. The number of hydrogen-bond donors (Lipinski definition) is 0. The van der Waals surface area contributed by atoms with Gasteiger partial charge >= 0.3 is 0 Å². The number of aryl methyl sites for hydroxylation is 1. The van der Waals surface area contributed by atoms with E-state index in [1.54, 1.807) is 12.1 Å². The summed E-state index contributed by atoms with van der Waals surface area (Å²) in [5.74, 6) is -0.758. The van der Waals surface area contributed by atoms with Crippen LogP contribution in [-0.4, -0.2) is 5.78 Å². The van der Waals surface area contributed by atoms with Crippen molar-refractivity contribution in [3.8, 4) is 0 Å². The molecule has 1 heterocycles. The van der Waals surface area contributed by atoms with Crippen LogP contribution < -0.4 is 0 Å². The zero-order chi connectivity index (χ0) is 11.7. The molecule has 16 heavy (non-hydrogen) atoms. The van der Waals surface area contributed by atoms with Gasteiger partial charge in [-0.05, 0) is 52.0 Å². The number of rotatable bonds is 2. The van der Waals surface area contributed by atoms with Crippen LogP contribution in [0, 0.1) is 12.7 Å². The number of hydrogen-bond acceptors (Lipinski definition) is 2. The van der Waals surface area contributed by atoms with E-state index in [-0.39, 0.29) is 11.3 Å². The Hall–Kier alpha value is -1.000. The topological polar surface area (TPSA) is 17.1 Å². The summed E-state index contributed by atoms with van der Waals surface area (Å²) in [4.78, 5) is 12.6. The van der Waals surface area contributed by atoms with Crippen LogP contribution >= 0.6 is 27.3 Å². The van der Waals surface area contributed by atoms with Gasteiger partial charge in [-0.1, -0.05) is 6.07 Å². The second-order valence-corrected chi connectivity index (χ2v) is 5.13. The van der Waals surface area contributed by atoms with E-state index in [0.29, 0.717) is 9.35 Å². The maximum Gasteiger partial charge on any atom is 0.206 e. The highest BCUT2D eigenvalue weighted by Crippen LogP contribution is 2.24. The van der Waals surface area contributed by atoms with Gasteiger partial charge < -0.3 is 0 Å². The first-order valence-electron chi connectivity index (χ1n) is 4.64. The lowest BCUT2D eigenvalue weighted by molar-refractivity contribution is 0.103. The van der Waals surface area contributed by atoms with E-state index in [1.165, 1.54) is 17.4 Å². The van der Waals surface area contributed by atoms with E-state index in [0.717, 1.165) is 5.56 Å². The molecule has 1 aromatic heterocycles. The minimum absolute atomic E-state index is 0.111. The molecule has 82 valence electrons. The van der Waals surface area contributed by atoms with Crippen LogP contribution in [0.25, 0.3) is 0 Å². The van der Waals surface area contributed by atoms with Crippen molar-refractivity contribution in [2.45, 2.75) is 6.92 Å². The fourth-order valence-corrected chi connectivity index (χ4v) is 2.65. The van der Waals surface area contributed by atoms with Gasteiger partial charge in [0.15, 0.2) is 0 Å². The zero-order valence-electron chi connectivity index (χ0n) is 8.46. The van der Waals surface area contributed by atoms with Crippen molar-refractivity contribution in [2.75, 3.05) is 0 Å². The van der Waals surface area contributed by atoms with Gasteiger partial charge in [0.1, 0.15) is 5.82 Å². The Bertz CT molecular complexity index is 548. The Morgan fingerprint density at radius 2 is 2.12 bits per heavy atom. The highest BCUT2D eigenvalue weighted by molar-refractivity contribution is 9.10. The first-order chi connectivity index (χ1) is 7.61. The molecule has 0 saturated heterocycles. The van der Waals surface area contributed by atoms with Gasteiger partial charge in [-0.2, -0.15) is 0 Å². The van der Waals surface area contributed by atoms with Crippen LogP contribution in [0.3, 0.4) is 0 Å². The monoisotopic (exact) mass is 298 g/mol. The maximum atomic E-state index is 13.7. The Balaban J connectivity index is 2.50. The van der Waals surface area contributed by atoms with Gasteiger partial charge in [-0.25, -0.2) is 4.39 Å². The highest BCUT2D eigenvalue weighted by Gasteiger charge is 2.18. The summed E-state index contributed by atoms with van der Waals surface area (Å²) in [7, 11) is 0. The third-order valence-electron chi connectivity index (χ3n) is 2.26. The fraction of sp³-hybridized carbons (Fsp3) is 0.0833. The van der Waals surface area contributed by atoms with Gasteiger partial charge in [0.2, 0.25) is 5.78 Å². The highest BCUT2D eigenvalue weighted by atomic mass is 79.9. The summed E-state index contributed by atoms with van der Waals surface area (Å²) >= 11 is 4.41. The number of carbonyl (C=O) groups is 1. The molecule has 0 unspecified atom stereocenters. The van der Waals surface area contributed by atoms with Crippen molar-refractivity contribution >= 4 is 33.0 Å². The van der Waals surface area contributed by atoms with Crippen molar-refractivity contribution < 1.29 is 9.18 Å². The fourth-order valence-electron chi connectivity index (χ4n) is 1.41. The molecule has 0 spiro atoms. The molecule has 0 aliphatic heterocycles. The van der Waals surface area contributed by atoms with E-state index in [9.17, 15) is 9.18 Å². The quantitative estimate of drug-likeness (QED) is 0.760. The summed E-state index contributed by atoms with van der Waals surface area (Å²) in [6, 6.07) is 6.59. The van der Waals surface area contributed by atoms with E-state index >= 15 is 0 Å². The van der Waals surface area contributed by atoms with Crippen LogP contribution in [0.4, 0.5) is 4.39 Å². The summed E-state index contributed by atoms with van der Waals surface area (Å²) in [6.07, 6.45) is 0. The van der Waals surface area contributed by atoms with Crippen molar-refractivity contribution in [1.82, 2.24) is 0 Å². The minimum atomic E-state index is -0.500. The number of benzene rings is 1. The Kier molecular flexibility index (Phi) is 3.21. The average molecular weight is 299 g/mol. The molecule has 2 rings (SSSR count). The number of ketones is 1. The zero-order valence-corrected chi connectivity index (χ0v) is 10.9. The van der Waals surface area contributed by atoms with E-state index < -0.39 is 5.82 Å². The number of halogens is 2. The predicted molar refractivity (Wildman–Crippen MR) is 66.6 cm³/mol. The smallest absolute Gasteiger partial charge is 0.206 e. The molecular formula is C12H8BrFOS. The van der Waals surface area contributed by atoms with Gasteiger partial charge in [0.25, 0.3) is 0 Å². The Morgan fingerprint density at radius 1 is 1.38 bits per heavy atom. The lowest BCUT2D eigenvalue weighted by Crippen LogP contribution is -2.03. The SMILES string of the molecule is Cc1ccsc1C(=O)c1cccc(Br)c1F. The van der Waals surface area contributed by atoms with Crippen LogP contribution in [0.2, 0.25) is 0 Å². The molecule has 0 aliphatic carbocycles. The van der Waals surface area contributed by atoms with Crippen molar-refractivity contribution in [3.63, 3.8) is 0 Å².